The molecule has 0 aromatic carbocycles. The number of hydrogen-bond donors (Lipinski definition) is 1. The van der Waals surface area contributed by atoms with Crippen LogP contribution >= 0.6 is 0 Å². The average Bonchev–Trinajstić information content (AvgIpc) is 2.71. The summed E-state index contributed by atoms with van der Waals surface area (Å²) in [6.07, 6.45) is 11.0. The molecule has 2 fully saturated rings. The lowest BCUT2D eigenvalue weighted by atomic mass is 9.65. The number of rotatable bonds is 4. The lowest BCUT2D eigenvalue weighted by molar-refractivity contribution is 0.0199. The summed E-state index contributed by atoms with van der Waals surface area (Å²) in [5.74, 6) is 1.61. The summed E-state index contributed by atoms with van der Waals surface area (Å²) in [4.78, 5) is 2.85. The molecule has 0 bridgehead atoms. The summed E-state index contributed by atoms with van der Waals surface area (Å²) in [5.41, 5.74) is 6.64. The van der Waals surface area contributed by atoms with Crippen LogP contribution in [-0.4, -0.2) is 30.1 Å². The smallest absolute Gasteiger partial charge is 0.0141 e. The van der Waals surface area contributed by atoms with Gasteiger partial charge < -0.3 is 5.73 Å². The van der Waals surface area contributed by atoms with Gasteiger partial charge in [0.05, 0.1) is 0 Å². The van der Waals surface area contributed by atoms with Crippen molar-refractivity contribution in [2.75, 3.05) is 13.1 Å². The van der Waals surface area contributed by atoms with Crippen LogP contribution in [0.15, 0.2) is 0 Å². The molecule has 0 amide bonds. The second-order valence-electron chi connectivity index (χ2n) is 8.35. The Kier molecular flexibility index (Phi) is 6.14. The van der Waals surface area contributed by atoms with E-state index in [0.717, 1.165) is 30.5 Å². The van der Waals surface area contributed by atoms with Crippen LogP contribution in [0.5, 0.6) is 0 Å². The Hall–Kier alpha value is -0.0800. The third kappa shape index (κ3) is 4.01. The molecule has 2 rings (SSSR count). The molecular formula is C19H38N2. The maximum Gasteiger partial charge on any atom is 0.0141 e. The molecule has 2 heteroatoms. The van der Waals surface area contributed by atoms with E-state index in [2.05, 4.69) is 32.6 Å². The Balaban J connectivity index is 2.12. The Morgan fingerprint density at radius 3 is 2.52 bits per heavy atom. The van der Waals surface area contributed by atoms with Gasteiger partial charge in [0.15, 0.2) is 0 Å². The first-order valence-electron chi connectivity index (χ1n) is 9.45. The first kappa shape index (κ1) is 17.3. The molecular weight excluding hydrogens is 256 g/mol. The first-order chi connectivity index (χ1) is 9.99. The molecule has 0 aromatic heterocycles. The van der Waals surface area contributed by atoms with Crippen LogP contribution in [0.1, 0.15) is 79.1 Å². The summed E-state index contributed by atoms with van der Waals surface area (Å²) in [5, 5.41) is 0. The standard InChI is InChI=1S/C19H38N2/c1-5-19(3,4)17-11-10-16(14-20)18(13-17)21-12-8-6-7-9-15(21)2/h15-18H,5-14,20H2,1-4H3. The van der Waals surface area contributed by atoms with Crippen molar-refractivity contribution in [2.45, 2.75) is 91.1 Å². The highest BCUT2D eigenvalue weighted by molar-refractivity contribution is 4.93. The highest BCUT2D eigenvalue weighted by Crippen LogP contribution is 2.44. The van der Waals surface area contributed by atoms with Gasteiger partial charge in [0, 0.05) is 12.1 Å². The van der Waals surface area contributed by atoms with E-state index in [-0.39, 0.29) is 0 Å². The Morgan fingerprint density at radius 1 is 1.10 bits per heavy atom. The maximum absolute atomic E-state index is 6.15. The Morgan fingerprint density at radius 2 is 1.86 bits per heavy atom. The molecule has 1 heterocycles. The molecule has 1 aliphatic carbocycles. The predicted octanol–water partition coefficient (Wildman–Crippen LogP) is 4.43. The van der Waals surface area contributed by atoms with Crippen molar-refractivity contribution in [3.8, 4) is 0 Å². The number of nitrogens with two attached hydrogens (primary N) is 1. The zero-order valence-corrected chi connectivity index (χ0v) is 14.9. The molecule has 2 N–H and O–H groups in total. The van der Waals surface area contributed by atoms with E-state index in [0.29, 0.717) is 5.41 Å². The third-order valence-electron chi connectivity index (χ3n) is 6.81. The van der Waals surface area contributed by atoms with E-state index < -0.39 is 0 Å². The molecule has 124 valence electrons. The second kappa shape index (κ2) is 7.46. The van der Waals surface area contributed by atoms with E-state index in [1.54, 1.807) is 0 Å². The monoisotopic (exact) mass is 294 g/mol. The van der Waals surface area contributed by atoms with Gasteiger partial charge in [-0.05, 0) is 69.4 Å². The van der Waals surface area contributed by atoms with Crippen LogP contribution in [0.4, 0.5) is 0 Å². The summed E-state index contributed by atoms with van der Waals surface area (Å²) < 4.78 is 0. The normalized spacial score (nSPS) is 36.4. The molecule has 4 atom stereocenters. The fraction of sp³-hybridized carbons (Fsp3) is 1.00. The molecule has 1 aliphatic heterocycles. The van der Waals surface area contributed by atoms with Gasteiger partial charge in [-0.25, -0.2) is 0 Å². The highest BCUT2D eigenvalue weighted by Gasteiger charge is 2.40. The van der Waals surface area contributed by atoms with Gasteiger partial charge in [0.25, 0.3) is 0 Å². The van der Waals surface area contributed by atoms with Crippen LogP contribution in [0.3, 0.4) is 0 Å². The van der Waals surface area contributed by atoms with Gasteiger partial charge in [-0.3, -0.25) is 4.90 Å². The topological polar surface area (TPSA) is 29.3 Å². The minimum atomic E-state index is 0.493. The van der Waals surface area contributed by atoms with Gasteiger partial charge in [-0.2, -0.15) is 0 Å². The fourth-order valence-electron chi connectivity index (χ4n) is 4.68. The zero-order valence-electron chi connectivity index (χ0n) is 14.9. The van der Waals surface area contributed by atoms with Crippen molar-refractivity contribution < 1.29 is 0 Å². The molecule has 2 nitrogen and oxygen atoms in total. The van der Waals surface area contributed by atoms with E-state index >= 15 is 0 Å². The van der Waals surface area contributed by atoms with Crippen LogP contribution in [0, 0.1) is 17.3 Å². The number of nitrogens with zero attached hydrogens (tertiary/aromatic N) is 1. The Labute approximate surface area is 132 Å². The zero-order chi connectivity index (χ0) is 15.5. The lowest BCUT2D eigenvalue weighted by Gasteiger charge is -2.48. The van der Waals surface area contributed by atoms with Gasteiger partial charge >= 0.3 is 0 Å². The maximum atomic E-state index is 6.15. The van der Waals surface area contributed by atoms with Crippen molar-refractivity contribution in [1.29, 1.82) is 0 Å². The summed E-state index contributed by atoms with van der Waals surface area (Å²) in [6, 6.07) is 1.50. The molecule has 1 saturated heterocycles. The second-order valence-corrected chi connectivity index (χ2v) is 8.35. The predicted molar refractivity (Wildman–Crippen MR) is 92.4 cm³/mol. The van der Waals surface area contributed by atoms with Crippen molar-refractivity contribution in [2.24, 2.45) is 23.0 Å². The quantitative estimate of drug-likeness (QED) is 0.831. The summed E-state index contributed by atoms with van der Waals surface area (Å²) >= 11 is 0. The first-order valence-corrected chi connectivity index (χ1v) is 9.45. The van der Waals surface area contributed by atoms with E-state index in [1.165, 1.54) is 57.9 Å². The van der Waals surface area contributed by atoms with Gasteiger partial charge in [-0.1, -0.05) is 40.0 Å². The van der Waals surface area contributed by atoms with Crippen molar-refractivity contribution in [1.82, 2.24) is 4.90 Å². The van der Waals surface area contributed by atoms with Crippen LogP contribution in [0.2, 0.25) is 0 Å². The van der Waals surface area contributed by atoms with Crippen LogP contribution in [0.25, 0.3) is 0 Å². The molecule has 0 radical (unpaired) electrons. The molecule has 1 saturated carbocycles. The molecule has 21 heavy (non-hydrogen) atoms. The highest BCUT2D eigenvalue weighted by atomic mass is 15.2. The number of hydrogen-bond acceptors (Lipinski definition) is 2. The average molecular weight is 295 g/mol. The molecule has 2 aliphatic rings. The molecule has 0 aromatic rings. The van der Waals surface area contributed by atoms with Crippen LogP contribution in [-0.2, 0) is 0 Å². The van der Waals surface area contributed by atoms with Gasteiger partial charge in [0.1, 0.15) is 0 Å². The Bertz CT molecular complexity index is 313. The van der Waals surface area contributed by atoms with E-state index in [4.69, 9.17) is 5.73 Å². The van der Waals surface area contributed by atoms with Gasteiger partial charge in [0.2, 0.25) is 0 Å². The van der Waals surface area contributed by atoms with E-state index in [1.807, 2.05) is 0 Å². The SMILES string of the molecule is CCC(C)(C)C1CCC(CN)C(N2CCCCCC2C)C1. The van der Waals surface area contributed by atoms with E-state index in [9.17, 15) is 0 Å². The van der Waals surface area contributed by atoms with Gasteiger partial charge in [-0.15, -0.1) is 0 Å². The fourth-order valence-corrected chi connectivity index (χ4v) is 4.68. The minimum absolute atomic E-state index is 0.493. The van der Waals surface area contributed by atoms with Crippen molar-refractivity contribution in [3.63, 3.8) is 0 Å². The third-order valence-corrected chi connectivity index (χ3v) is 6.81. The summed E-state index contributed by atoms with van der Waals surface area (Å²) in [7, 11) is 0. The van der Waals surface area contributed by atoms with Crippen molar-refractivity contribution in [3.05, 3.63) is 0 Å². The molecule has 0 spiro atoms. The molecule has 4 unspecified atom stereocenters. The minimum Gasteiger partial charge on any atom is -0.330 e. The van der Waals surface area contributed by atoms with Crippen LogP contribution < -0.4 is 5.73 Å². The summed E-state index contributed by atoms with van der Waals surface area (Å²) in [6.45, 7) is 12.0. The van der Waals surface area contributed by atoms with Crippen molar-refractivity contribution >= 4 is 0 Å². The lowest BCUT2D eigenvalue weighted by Crippen LogP contribution is -2.51. The largest absolute Gasteiger partial charge is 0.330 e. The number of likely N-dealkylation sites (tertiary alicyclic amines) is 1.